The van der Waals surface area contributed by atoms with E-state index in [9.17, 15) is 9.59 Å². The number of hydrogen-bond donors (Lipinski definition) is 1. The molecule has 0 spiro atoms. The van der Waals surface area contributed by atoms with E-state index in [0.717, 1.165) is 23.2 Å². The predicted octanol–water partition coefficient (Wildman–Crippen LogP) is 4.56. The van der Waals surface area contributed by atoms with E-state index in [1.165, 1.54) is 23.8 Å². The lowest BCUT2D eigenvalue weighted by atomic mass is 10.1. The van der Waals surface area contributed by atoms with Crippen molar-refractivity contribution in [3.63, 3.8) is 0 Å². The first-order valence-electron chi connectivity index (χ1n) is 9.40. The fourth-order valence-corrected chi connectivity index (χ4v) is 4.68. The van der Waals surface area contributed by atoms with Gasteiger partial charge >= 0.3 is 5.97 Å². The maximum absolute atomic E-state index is 12.8. The fourth-order valence-electron chi connectivity index (χ4n) is 2.92. The minimum Gasteiger partial charge on any atom is -0.493 e. The summed E-state index contributed by atoms with van der Waals surface area (Å²) in [6.07, 6.45) is 2.62. The van der Waals surface area contributed by atoms with E-state index in [1.54, 1.807) is 19.2 Å². The van der Waals surface area contributed by atoms with Gasteiger partial charge in [0.2, 0.25) is 0 Å². The number of aliphatic imine (C=N–C) groups is 1. The Hall–Kier alpha value is -2.53. The first kappa shape index (κ1) is 23.1. The topological polar surface area (TPSA) is 88.4 Å². The Morgan fingerprint density at radius 2 is 2.06 bits per heavy atom. The molecule has 7 nitrogen and oxygen atoms in total. The Balaban J connectivity index is 1.91. The molecule has 1 N–H and O–H groups in total. The molecule has 162 valence electrons. The molecule has 1 fully saturated rings. The van der Waals surface area contributed by atoms with Gasteiger partial charge in [0.05, 0.1) is 21.3 Å². The molecule has 3 rings (SSSR count). The van der Waals surface area contributed by atoms with Crippen molar-refractivity contribution in [3.05, 3.63) is 56.0 Å². The number of thioether (sulfide) groups is 1. The molecule has 1 aliphatic rings. The average Bonchev–Trinajstić information content (AvgIpc) is 3.00. The zero-order valence-electron chi connectivity index (χ0n) is 17.2. The van der Waals surface area contributed by atoms with E-state index in [0.29, 0.717) is 25.1 Å². The Morgan fingerprint density at radius 3 is 2.74 bits per heavy atom. The van der Waals surface area contributed by atoms with Crippen LogP contribution in [0.1, 0.15) is 18.1 Å². The third-order valence-corrected chi connectivity index (χ3v) is 6.34. The summed E-state index contributed by atoms with van der Waals surface area (Å²) in [6.45, 7) is 1.60. The zero-order valence-corrected chi connectivity index (χ0v) is 20.2. The van der Waals surface area contributed by atoms with Crippen molar-refractivity contribution in [3.8, 4) is 11.5 Å². The average molecular weight is 552 g/mol. The largest absolute Gasteiger partial charge is 0.493 e. The van der Waals surface area contributed by atoms with Gasteiger partial charge in [-0.15, -0.1) is 0 Å². The van der Waals surface area contributed by atoms with Crippen LogP contribution in [0.2, 0.25) is 0 Å². The van der Waals surface area contributed by atoms with Crippen molar-refractivity contribution in [2.24, 2.45) is 4.99 Å². The van der Waals surface area contributed by atoms with Crippen LogP contribution in [0.3, 0.4) is 0 Å². The number of ether oxygens (including phenoxy) is 2. The highest BCUT2D eigenvalue weighted by atomic mass is 127. The van der Waals surface area contributed by atoms with Crippen molar-refractivity contribution in [2.45, 2.75) is 13.3 Å². The van der Waals surface area contributed by atoms with Crippen LogP contribution in [0.4, 0.5) is 5.69 Å². The lowest BCUT2D eigenvalue weighted by molar-refractivity contribution is -0.139. The number of carboxylic acid groups (broad SMARTS) is 1. The van der Waals surface area contributed by atoms with Gasteiger partial charge in [-0.05, 0) is 76.2 Å². The zero-order chi connectivity index (χ0) is 22.5. The van der Waals surface area contributed by atoms with E-state index in [-0.39, 0.29) is 5.91 Å². The molecule has 1 saturated heterocycles. The van der Waals surface area contributed by atoms with Crippen molar-refractivity contribution in [1.29, 1.82) is 0 Å². The van der Waals surface area contributed by atoms with E-state index in [1.807, 2.05) is 30.3 Å². The van der Waals surface area contributed by atoms with Crippen molar-refractivity contribution >= 4 is 63.2 Å². The molecule has 1 heterocycles. The number of rotatable bonds is 7. The number of carbonyl (C=O) groups excluding carboxylic acids is 1. The minimum absolute atomic E-state index is 0.141. The lowest BCUT2D eigenvalue weighted by Gasteiger charge is -2.12. The van der Waals surface area contributed by atoms with Crippen LogP contribution in [-0.4, -0.2) is 47.8 Å². The second kappa shape index (κ2) is 10.2. The van der Waals surface area contributed by atoms with Crippen LogP contribution in [-0.2, 0) is 16.0 Å². The summed E-state index contributed by atoms with van der Waals surface area (Å²) < 4.78 is 11.4. The molecular formula is C22H21IN2O5S. The van der Waals surface area contributed by atoms with Gasteiger partial charge in [0.15, 0.2) is 23.3 Å². The van der Waals surface area contributed by atoms with Crippen LogP contribution in [0, 0.1) is 3.57 Å². The summed E-state index contributed by atoms with van der Waals surface area (Å²) in [6, 6.07) is 11.4. The van der Waals surface area contributed by atoms with Crippen molar-refractivity contribution < 1.29 is 24.2 Å². The Labute approximate surface area is 198 Å². The molecule has 0 aliphatic carbocycles. The van der Waals surface area contributed by atoms with Crippen molar-refractivity contribution in [1.82, 2.24) is 4.90 Å². The number of benzene rings is 2. The third-order valence-electron chi connectivity index (χ3n) is 4.48. The molecule has 1 aliphatic heterocycles. The van der Waals surface area contributed by atoms with Crippen molar-refractivity contribution in [2.75, 3.05) is 20.8 Å². The van der Waals surface area contributed by atoms with Gasteiger partial charge in [-0.2, -0.15) is 0 Å². The van der Waals surface area contributed by atoms with Gasteiger partial charge in [0, 0.05) is 7.05 Å². The van der Waals surface area contributed by atoms with Gasteiger partial charge in [0.25, 0.3) is 5.91 Å². The summed E-state index contributed by atoms with van der Waals surface area (Å²) in [7, 11) is 3.19. The monoisotopic (exact) mass is 552 g/mol. The van der Waals surface area contributed by atoms with Gasteiger partial charge in [-0.1, -0.05) is 25.1 Å². The first-order valence-corrected chi connectivity index (χ1v) is 11.3. The normalized spacial score (nSPS) is 16.3. The number of carbonyl (C=O) groups is 2. The highest BCUT2D eigenvalue weighted by Gasteiger charge is 2.30. The number of methoxy groups -OCH3 is 1. The van der Waals surface area contributed by atoms with Gasteiger partial charge in [-0.3, -0.25) is 9.69 Å². The molecular weight excluding hydrogens is 531 g/mol. The predicted molar refractivity (Wildman–Crippen MR) is 130 cm³/mol. The number of amides is 1. The summed E-state index contributed by atoms with van der Waals surface area (Å²) in [4.78, 5) is 30.4. The molecule has 0 saturated carbocycles. The van der Waals surface area contributed by atoms with Gasteiger partial charge in [-0.25, -0.2) is 9.79 Å². The highest BCUT2D eigenvalue weighted by molar-refractivity contribution is 14.1. The number of likely N-dealkylation sites (N-methyl/N-ethyl adjacent to an activating group) is 1. The maximum atomic E-state index is 12.8. The summed E-state index contributed by atoms with van der Waals surface area (Å²) in [5.41, 5.74) is 2.71. The third kappa shape index (κ3) is 5.40. The van der Waals surface area contributed by atoms with Crippen LogP contribution in [0.25, 0.3) is 6.08 Å². The van der Waals surface area contributed by atoms with Gasteiger partial charge in [0.1, 0.15) is 0 Å². The van der Waals surface area contributed by atoms with Crippen LogP contribution >= 0.6 is 34.4 Å². The quantitative estimate of drug-likeness (QED) is 0.401. The van der Waals surface area contributed by atoms with Crippen LogP contribution in [0.15, 0.2) is 46.3 Å². The van der Waals surface area contributed by atoms with E-state index < -0.39 is 12.6 Å². The summed E-state index contributed by atoms with van der Waals surface area (Å²) in [5.74, 6) is -0.461. The lowest BCUT2D eigenvalue weighted by Crippen LogP contribution is -2.23. The number of aliphatic carboxylic acids is 1. The first-order chi connectivity index (χ1) is 14.8. The fraction of sp³-hybridized carbons (Fsp3) is 0.227. The molecule has 9 heteroatoms. The summed E-state index contributed by atoms with van der Waals surface area (Å²) >= 11 is 3.36. The second-order valence-corrected chi connectivity index (χ2v) is 8.74. The molecule has 0 aromatic heterocycles. The smallest absolute Gasteiger partial charge is 0.341 e. The number of halogens is 1. The van der Waals surface area contributed by atoms with E-state index in [4.69, 9.17) is 19.6 Å². The molecule has 31 heavy (non-hydrogen) atoms. The van der Waals surface area contributed by atoms with Crippen LogP contribution in [0.5, 0.6) is 11.5 Å². The van der Waals surface area contributed by atoms with Gasteiger partial charge < -0.3 is 14.6 Å². The Bertz CT molecular complexity index is 1080. The number of nitrogens with zero attached hydrogens (tertiary/aromatic N) is 2. The number of amidine groups is 1. The second-order valence-electron chi connectivity index (χ2n) is 6.57. The number of para-hydroxylation sites is 1. The van der Waals surface area contributed by atoms with E-state index >= 15 is 0 Å². The van der Waals surface area contributed by atoms with Crippen LogP contribution < -0.4 is 9.47 Å². The minimum atomic E-state index is -1.07. The number of carboxylic acids is 1. The molecule has 0 radical (unpaired) electrons. The molecule has 1 amide bonds. The Morgan fingerprint density at radius 1 is 1.32 bits per heavy atom. The number of hydrogen-bond acceptors (Lipinski definition) is 6. The standard InChI is InChI=1S/C22H21IN2O5S/c1-4-14-7-5-6-8-16(14)24-22-25(2)21(28)18(31-22)11-13-9-15(23)20(17(10-13)29-3)30-12-19(26)27/h5-11H,4,12H2,1-3H3,(H,26,27)/b18-11+,24-22?. The molecule has 2 aromatic rings. The Kier molecular flexibility index (Phi) is 7.60. The number of aryl methyl sites for hydroxylation is 1. The van der Waals surface area contributed by atoms with E-state index in [2.05, 4.69) is 29.5 Å². The maximum Gasteiger partial charge on any atom is 0.341 e. The molecule has 0 unspecified atom stereocenters. The SMILES string of the molecule is CCc1ccccc1N=C1S/C(=C/c2cc(I)c(OCC(=O)O)c(OC)c2)C(=O)N1C. The highest BCUT2D eigenvalue weighted by Crippen LogP contribution is 2.37. The molecule has 0 bridgehead atoms. The molecule has 0 atom stereocenters. The summed E-state index contributed by atoms with van der Waals surface area (Å²) in [5, 5.41) is 9.47. The molecule has 2 aromatic carbocycles.